The molecule has 2 N–H and O–H groups in total. The zero-order chi connectivity index (χ0) is 21.1. The summed E-state index contributed by atoms with van der Waals surface area (Å²) in [4.78, 5) is 24.3. The standard InChI is InChI=1S/C22H31ClN2O3/c1-15(2)13-24-20(26)11-8-18(12-21(27)25-14-16(3)4)22(23)17-6-9-19(28-5)10-7-17/h6-11,15-16H,12-14H2,1-5H3,(H,24,26)(H,25,27)/b11-8+,22-18-. The van der Waals surface area contributed by atoms with Gasteiger partial charge in [-0.1, -0.05) is 45.4 Å². The molecule has 1 aromatic carbocycles. The van der Waals surface area contributed by atoms with E-state index in [0.29, 0.717) is 41.3 Å². The quantitative estimate of drug-likeness (QED) is 0.453. The van der Waals surface area contributed by atoms with Crippen molar-refractivity contribution in [3.8, 4) is 5.75 Å². The van der Waals surface area contributed by atoms with Gasteiger partial charge in [0.25, 0.3) is 0 Å². The number of hydrogen-bond acceptors (Lipinski definition) is 3. The third kappa shape index (κ3) is 9.09. The molecule has 0 saturated heterocycles. The largest absolute Gasteiger partial charge is 0.497 e. The number of benzene rings is 1. The zero-order valence-corrected chi connectivity index (χ0v) is 18.1. The van der Waals surface area contributed by atoms with Crippen LogP contribution in [-0.4, -0.2) is 32.0 Å². The van der Waals surface area contributed by atoms with Crippen molar-refractivity contribution in [3.05, 3.63) is 47.6 Å². The minimum Gasteiger partial charge on any atom is -0.497 e. The van der Waals surface area contributed by atoms with Gasteiger partial charge < -0.3 is 15.4 Å². The van der Waals surface area contributed by atoms with Crippen LogP contribution in [0.3, 0.4) is 0 Å². The highest BCUT2D eigenvalue weighted by molar-refractivity contribution is 6.49. The van der Waals surface area contributed by atoms with Gasteiger partial charge in [0.1, 0.15) is 5.75 Å². The second-order valence-corrected chi connectivity index (χ2v) is 7.79. The Kier molecular flexibility index (Phi) is 10.4. The smallest absolute Gasteiger partial charge is 0.243 e. The Bertz CT molecular complexity index is 707. The minimum atomic E-state index is -0.215. The SMILES string of the molecule is COc1ccc(/C(Cl)=C(\C=C\C(=O)NCC(C)C)CC(=O)NCC(C)C)cc1. The Hall–Kier alpha value is -2.27. The summed E-state index contributed by atoms with van der Waals surface area (Å²) in [7, 11) is 1.59. The van der Waals surface area contributed by atoms with E-state index in [4.69, 9.17) is 16.3 Å². The summed E-state index contributed by atoms with van der Waals surface area (Å²) in [6.45, 7) is 9.28. The predicted molar refractivity (Wildman–Crippen MR) is 115 cm³/mol. The number of ether oxygens (including phenoxy) is 1. The molecule has 0 aliphatic rings. The van der Waals surface area contributed by atoms with E-state index in [-0.39, 0.29) is 18.2 Å². The monoisotopic (exact) mass is 406 g/mol. The van der Waals surface area contributed by atoms with Crippen LogP contribution in [0.1, 0.15) is 39.7 Å². The first-order chi connectivity index (χ1) is 13.2. The van der Waals surface area contributed by atoms with Crippen molar-refractivity contribution in [2.24, 2.45) is 11.8 Å². The molecule has 0 atom stereocenters. The fourth-order valence-corrected chi connectivity index (χ4v) is 2.48. The molecule has 6 heteroatoms. The van der Waals surface area contributed by atoms with Gasteiger partial charge in [-0.05, 0) is 47.2 Å². The molecule has 0 unspecified atom stereocenters. The van der Waals surface area contributed by atoms with Crippen molar-refractivity contribution >= 4 is 28.4 Å². The lowest BCUT2D eigenvalue weighted by Gasteiger charge is -2.11. The number of halogens is 1. The van der Waals surface area contributed by atoms with Crippen LogP contribution < -0.4 is 15.4 Å². The Morgan fingerprint density at radius 3 is 2.11 bits per heavy atom. The maximum atomic E-state index is 12.3. The summed E-state index contributed by atoms with van der Waals surface area (Å²) >= 11 is 6.56. The summed E-state index contributed by atoms with van der Waals surface area (Å²) < 4.78 is 5.16. The van der Waals surface area contributed by atoms with E-state index in [0.717, 1.165) is 5.56 Å². The van der Waals surface area contributed by atoms with Gasteiger partial charge in [0.15, 0.2) is 0 Å². The average Bonchev–Trinajstić information content (AvgIpc) is 2.67. The van der Waals surface area contributed by atoms with E-state index in [9.17, 15) is 9.59 Å². The van der Waals surface area contributed by atoms with Gasteiger partial charge >= 0.3 is 0 Å². The maximum Gasteiger partial charge on any atom is 0.243 e. The molecule has 0 radical (unpaired) electrons. The second kappa shape index (κ2) is 12.2. The van der Waals surface area contributed by atoms with Crippen molar-refractivity contribution in [2.75, 3.05) is 20.2 Å². The molecule has 0 aromatic heterocycles. The Morgan fingerprint density at radius 1 is 1.00 bits per heavy atom. The van der Waals surface area contributed by atoms with Crippen LogP contribution in [0.2, 0.25) is 0 Å². The molecular weight excluding hydrogens is 376 g/mol. The number of allylic oxidation sites excluding steroid dienone is 1. The first-order valence-corrected chi connectivity index (χ1v) is 9.86. The third-order valence-electron chi connectivity index (χ3n) is 3.80. The van der Waals surface area contributed by atoms with Crippen molar-refractivity contribution in [2.45, 2.75) is 34.1 Å². The molecule has 154 valence electrons. The molecule has 2 amide bonds. The van der Waals surface area contributed by atoms with Crippen LogP contribution in [0.4, 0.5) is 0 Å². The van der Waals surface area contributed by atoms with Crippen molar-refractivity contribution in [1.82, 2.24) is 10.6 Å². The lowest BCUT2D eigenvalue weighted by atomic mass is 10.1. The van der Waals surface area contributed by atoms with Gasteiger partial charge in [-0.3, -0.25) is 9.59 Å². The molecule has 0 bridgehead atoms. The Balaban J connectivity index is 3.03. The molecular formula is C22H31ClN2O3. The molecule has 0 aliphatic heterocycles. The highest BCUT2D eigenvalue weighted by atomic mass is 35.5. The van der Waals surface area contributed by atoms with Crippen molar-refractivity contribution < 1.29 is 14.3 Å². The first-order valence-electron chi connectivity index (χ1n) is 9.48. The normalized spacial score (nSPS) is 12.3. The fourth-order valence-electron chi connectivity index (χ4n) is 2.23. The predicted octanol–water partition coefficient (Wildman–Crippen LogP) is 4.14. The summed E-state index contributed by atoms with van der Waals surface area (Å²) in [6, 6.07) is 7.24. The van der Waals surface area contributed by atoms with E-state index < -0.39 is 0 Å². The van der Waals surface area contributed by atoms with Crippen LogP contribution in [0.5, 0.6) is 5.75 Å². The molecule has 0 heterocycles. The summed E-state index contributed by atoms with van der Waals surface area (Å²) in [5, 5.41) is 6.12. The lowest BCUT2D eigenvalue weighted by Crippen LogP contribution is -2.27. The molecule has 0 spiro atoms. The zero-order valence-electron chi connectivity index (χ0n) is 17.3. The summed E-state index contributed by atoms with van der Waals surface area (Å²) in [6.07, 6.45) is 3.11. The summed E-state index contributed by atoms with van der Waals surface area (Å²) in [5.41, 5.74) is 1.33. The number of carbonyl (C=O) groups is 2. The van der Waals surface area contributed by atoms with Gasteiger partial charge in [-0.25, -0.2) is 0 Å². The average molecular weight is 407 g/mol. The van der Waals surface area contributed by atoms with Gasteiger partial charge in [0.05, 0.1) is 18.6 Å². The molecule has 0 aliphatic carbocycles. The lowest BCUT2D eigenvalue weighted by molar-refractivity contribution is -0.120. The highest BCUT2D eigenvalue weighted by Gasteiger charge is 2.11. The van der Waals surface area contributed by atoms with E-state index in [1.807, 2.05) is 39.8 Å². The first kappa shape index (κ1) is 23.8. The second-order valence-electron chi connectivity index (χ2n) is 7.41. The Labute approximate surface area is 173 Å². The fraction of sp³-hybridized carbons (Fsp3) is 0.455. The third-order valence-corrected chi connectivity index (χ3v) is 4.27. The van der Waals surface area contributed by atoms with E-state index in [1.54, 1.807) is 25.3 Å². The molecule has 0 saturated carbocycles. The number of hydrogen-bond donors (Lipinski definition) is 2. The maximum absolute atomic E-state index is 12.3. The molecule has 0 fully saturated rings. The van der Waals surface area contributed by atoms with Crippen molar-refractivity contribution in [3.63, 3.8) is 0 Å². The number of amides is 2. The van der Waals surface area contributed by atoms with Crippen LogP contribution in [0, 0.1) is 11.8 Å². The van der Waals surface area contributed by atoms with Gasteiger partial charge in [0, 0.05) is 19.2 Å². The Morgan fingerprint density at radius 2 is 1.57 bits per heavy atom. The van der Waals surface area contributed by atoms with Crippen LogP contribution in [0.25, 0.3) is 5.03 Å². The number of methoxy groups -OCH3 is 1. The van der Waals surface area contributed by atoms with E-state index >= 15 is 0 Å². The minimum absolute atomic E-state index is 0.0888. The van der Waals surface area contributed by atoms with Crippen LogP contribution in [-0.2, 0) is 9.59 Å². The molecule has 5 nitrogen and oxygen atoms in total. The highest BCUT2D eigenvalue weighted by Crippen LogP contribution is 2.27. The molecule has 1 rings (SSSR count). The summed E-state index contributed by atoms with van der Waals surface area (Å²) in [5.74, 6) is 1.08. The topological polar surface area (TPSA) is 67.4 Å². The van der Waals surface area contributed by atoms with Crippen LogP contribution in [0.15, 0.2) is 42.0 Å². The van der Waals surface area contributed by atoms with Gasteiger partial charge in [-0.15, -0.1) is 0 Å². The number of carbonyl (C=O) groups excluding carboxylic acids is 2. The van der Waals surface area contributed by atoms with Crippen molar-refractivity contribution in [1.29, 1.82) is 0 Å². The van der Waals surface area contributed by atoms with Gasteiger partial charge in [-0.2, -0.15) is 0 Å². The molecule has 28 heavy (non-hydrogen) atoms. The van der Waals surface area contributed by atoms with Crippen LogP contribution >= 0.6 is 11.6 Å². The van der Waals surface area contributed by atoms with E-state index in [1.165, 1.54) is 6.08 Å². The van der Waals surface area contributed by atoms with Gasteiger partial charge in [0.2, 0.25) is 11.8 Å². The van der Waals surface area contributed by atoms with E-state index in [2.05, 4.69) is 10.6 Å². The molecule has 1 aromatic rings. The number of rotatable bonds is 10. The number of nitrogens with one attached hydrogen (secondary N) is 2.